The molecule has 5 atom stereocenters. The fourth-order valence-electron chi connectivity index (χ4n) is 5.99. The highest BCUT2D eigenvalue weighted by atomic mass is 16.5. The van der Waals surface area contributed by atoms with Crippen molar-refractivity contribution in [2.75, 3.05) is 19.7 Å². The number of hydrogen-bond acceptors (Lipinski definition) is 5. The molecular weight excluding hydrogens is 478 g/mol. The van der Waals surface area contributed by atoms with Crippen LogP contribution in [0.15, 0.2) is 72.8 Å². The minimum absolute atomic E-state index is 0.0589. The first-order chi connectivity index (χ1) is 18.4. The van der Waals surface area contributed by atoms with Gasteiger partial charge < -0.3 is 14.4 Å². The molecule has 0 N–H and O–H groups in total. The number of esters is 1. The van der Waals surface area contributed by atoms with E-state index in [1.807, 2.05) is 86.6 Å². The van der Waals surface area contributed by atoms with Crippen LogP contribution in [-0.2, 0) is 36.7 Å². The number of benzene rings is 3. The van der Waals surface area contributed by atoms with Gasteiger partial charge in [0.15, 0.2) is 5.78 Å². The number of carbonyl (C=O) groups is 3. The van der Waals surface area contributed by atoms with Gasteiger partial charge in [0, 0.05) is 31.3 Å². The smallest absolute Gasteiger partial charge is 0.316 e. The maximum absolute atomic E-state index is 14.1. The van der Waals surface area contributed by atoms with Gasteiger partial charge >= 0.3 is 5.97 Å². The third kappa shape index (κ3) is 5.81. The quantitative estimate of drug-likeness (QED) is 0.325. The summed E-state index contributed by atoms with van der Waals surface area (Å²) in [5.41, 5.74) is 2.07. The van der Waals surface area contributed by atoms with Crippen LogP contribution in [0.25, 0.3) is 10.8 Å². The molecule has 0 saturated carbocycles. The largest absolute Gasteiger partial charge is 0.465 e. The molecule has 3 aromatic rings. The van der Waals surface area contributed by atoms with E-state index in [9.17, 15) is 14.4 Å². The van der Waals surface area contributed by atoms with Gasteiger partial charge in [-0.1, -0.05) is 72.8 Å². The van der Waals surface area contributed by atoms with Crippen molar-refractivity contribution in [3.05, 3.63) is 83.9 Å². The predicted molar refractivity (Wildman–Crippen MR) is 145 cm³/mol. The molecule has 2 fully saturated rings. The molecule has 198 valence electrons. The molecule has 1 amide bonds. The summed E-state index contributed by atoms with van der Waals surface area (Å²) in [7, 11) is 0. The highest BCUT2D eigenvalue weighted by Crippen LogP contribution is 2.32. The Morgan fingerprint density at radius 1 is 0.921 bits per heavy atom. The zero-order valence-corrected chi connectivity index (χ0v) is 22.0. The molecule has 3 aromatic carbocycles. The third-order valence-corrected chi connectivity index (χ3v) is 7.75. The summed E-state index contributed by atoms with van der Waals surface area (Å²) in [4.78, 5) is 42.4. The molecule has 6 heteroatoms. The first-order valence-corrected chi connectivity index (χ1v) is 13.5. The lowest BCUT2D eigenvalue weighted by molar-refractivity contribution is -0.149. The molecule has 0 radical (unpaired) electrons. The molecule has 2 heterocycles. The van der Waals surface area contributed by atoms with Gasteiger partial charge in [-0.3, -0.25) is 14.4 Å². The van der Waals surface area contributed by atoms with E-state index < -0.39 is 17.8 Å². The van der Waals surface area contributed by atoms with E-state index in [4.69, 9.17) is 9.47 Å². The average Bonchev–Trinajstić information content (AvgIpc) is 3.27. The van der Waals surface area contributed by atoms with Crippen molar-refractivity contribution < 1.29 is 23.9 Å². The van der Waals surface area contributed by atoms with E-state index in [-0.39, 0.29) is 42.8 Å². The van der Waals surface area contributed by atoms with Crippen LogP contribution < -0.4 is 0 Å². The minimum Gasteiger partial charge on any atom is -0.465 e. The van der Waals surface area contributed by atoms with Crippen molar-refractivity contribution in [3.63, 3.8) is 0 Å². The van der Waals surface area contributed by atoms with Crippen molar-refractivity contribution in [2.24, 2.45) is 17.8 Å². The van der Waals surface area contributed by atoms with E-state index >= 15 is 0 Å². The van der Waals surface area contributed by atoms with Crippen molar-refractivity contribution in [3.8, 4) is 0 Å². The number of cyclic esters (lactones) is 1. The molecule has 2 saturated heterocycles. The van der Waals surface area contributed by atoms with Crippen molar-refractivity contribution in [1.82, 2.24) is 4.90 Å². The zero-order valence-electron chi connectivity index (χ0n) is 22.0. The van der Waals surface area contributed by atoms with Crippen LogP contribution >= 0.6 is 0 Å². The predicted octanol–water partition coefficient (Wildman–Crippen LogP) is 4.63. The molecule has 2 aliphatic rings. The molecule has 38 heavy (non-hydrogen) atoms. The Labute approximate surface area is 223 Å². The summed E-state index contributed by atoms with van der Waals surface area (Å²) in [6.07, 6.45) is 0.910. The Balaban J connectivity index is 1.43. The van der Waals surface area contributed by atoms with E-state index in [1.54, 1.807) is 4.90 Å². The minimum atomic E-state index is -0.870. The van der Waals surface area contributed by atoms with Gasteiger partial charge in [-0.05, 0) is 48.6 Å². The summed E-state index contributed by atoms with van der Waals surface area (Å²) >= 11 is 0. The van der Waals surface area contributed by atoms with Crippen LogP contribution in [0.5, 0.6) is 0 Å². The number of hydrogen-bond donors (Lipinski definition) is 0. The SMILES string of the molecule is C[C@@H]1CN(C(=O)C[C@@H](Cc2cccc3ccccc23)C(=O)[C@H]2C(=O)OC[C@H]2Cc2ccccc2)C[C@@H](C)O1. The van der Waals surface area contributed by atoms with Crippen molar-refractivity contribution in [1.29, 1.82) is 0 Å². The summed E-state index contributed by atoms with van der Waals surface area (Å²) in [6.45, 7) is 5.13. The van der Waals surface area contributed by atoms with Crippen LogP contribution in [-0.4, -0.2) is 54.5 Å². The topological polar surface area (TPSA) is 72.9 Å². The zero-order chi connectivity index (χ0) is 26.6. The van der Waals surface area contributed by atoms with Crippen LogP contribution in [0.4, 0.5) is 0 Å². The Bertz CT molecular complexity index is 1290. The Kier molecular flexibility index (Phi) is 7.89. The normalized spacial score (nSPS) is 24.3. The molecule has 0 aromatic heterocycles. The lowest BCUT2D eigenvalue weighted by atomic mass is 9.78. The monoisotopic (exact) mass is 513 g/mol. The average molecular weight is 514 g/mol. The number of ether oxygens (including phenoxy) is 2. The lowest BCUT2D eigenvalue weighted by Gasteiger charge is -2.36. The number of amides is 1. The Morgan fingerprint density at radius 2 is 1.61 bits per heavy atom. The number of nitrogens with zero attached hydrogens (tertiary/aromatic N) is 1. The van der Waals surface area contributed by atoms with Gasteiger partial charge in [0.25, 0.3) is 0 Å². The number of Topliss-reactive ketones (excluding diaryl/α,β-unsaturated/α-hetero) is 1. The Hall–Kier alpha value is -3.51. The maximum Gasteiger partial charge on any atom is 0.316 e. The van der Waals surface area contributed by atoms with E-state index in [2.05, 4.69) is 0 Å². The van der Waals surface area contributed by atoms with Crippen molar-refractivity contribution >= 4 is 28.4 Å². The van der Waals surface area contributed by atoms with Crippen LogP contribution in [0.2, 0.25) is 0 Å². The second-order valence-electron chi connectivity index (χ2n) is 10.8. The summed E-state index contributed by atoms with van der Waals surface area (Å²) in [5, 5.41) is 2.14. The molecule has 0 bridgehead atoms. The second kappa shape index (κ2) is 11.5. The van der Waals surface area contributed by atoms with Gasteiger partial charge in [-0.25, -0.2) is 0 Å². The molecule has 0 unspecified atom stereocenters. The highest BCUT2D eigenvalue weighted by Gasteiger charge is 2.45. The number of rotatable bonds is 8. The van der Waals surface area contributed by atoms with Gasteiger partial charge in [0.05, 0.1) is 18.8 Å². The molecular formula is C32H35NO5. The van der Waals surface area contributed by atoms with E-state index in [0.717, 1.165) is 21.9 Å². The Morgan fingerprint density at radius 3 is 2.37 bits per heavy atom. The highest BCUT2D eigenvalue weighted by molar-refractivity contribution is 6.03. The number of ketones is 1. The first kappa shape index (κ1) is 26.1. The maximum atomic E-state index is 14.1. The number of carbonyl (C=O) groups excluding carboxylic acids is 3. The van der Waals surface area contributed by atoms with Crippen LogP contribution in [0, 0.1) is 17.8 Å². The van der Waals surface area contributed by atoms with Gasteiger partial charge in [-0.15, -0.1) is 0 Å². The van der Waals surface area contributed by atoms with Crippen LogP contribution in [0.3, 0.4) is 0 Å². The fraction of sp³-hybridized carbons (Fsp3) is 0.406. The van der Waals surface area contributed by atoms with Gasteiger partial charge in [0.1, 0.15) is 5.92 Å². The molecule has 5 rings (SSSR count). The molecule has 2 aliphatic heterocycles. The van der Waals surface area contributed by atoms with Gasteiger partial charge in [0.2, 0.25) is 5.91 Å². The van der Waals surface area contributed by atoms with E-state index in [0.29, 0.717) is 25.9 Å². The third-order valence-electron chi connectivity index (χ3n) is 7.75. The standard InChI is InChI=1S/C32H35NO5/c1-21-18-33(19-22(2)38-21)29(34)17-26(16-25-13-8-12-24-11-6-7-14-28(24)25)31(35)30-27(20-37-32(30)36)15-23-9-4-3-5-10-23/h3-14,21-22,26-27,30H,15-20H2,1-2H3/t21-,22-,26-,27-,30+/m1/s1. The first-order valence-electron chi connectivity index (χ1n) is 13.5. The molecule has 6 nitrogen and oxygen atoms in total. The van der Waals surface area contributed by atoms with Gasteiger partial charge in [-0.2, -0.15) is 0 Å². The summed E-state index contributed by atoms with van der Waals surface area (Å²) < 4.78 is 11.2. The number of morpholine rings is 1. The summed E-state index contributed by atoms with van der Waals surface area (Å²) in [6, 6.07) is 24.0. The van der Waals surface area contributed by atoms with Crippen LogP contribution in [0.1, 0.15) is 31.4 Å². The van der Waals surface area contributed by atoms with Crippen molar-refractivity contribution in [2.45, 2.75) is 45.3 Å². The lowest BCUT2D eigenvalue weighted by Crippen LogP contribution is -2.49. The fourth-order valence-corrected chi connectivity index (χ4v) is 5.99. The van der Waals surface area contributed by atoms with E-state index in [1.165, 1.54) is 0 Å². The molecule has 0 spiro atoms. The molecule has 0 aliphatic carbocycles. The summed E-state index contributed by atoms with van der Waals surface area (Å²) in [5.74, 6) is -2.48. The second-order valence-corrected chi connectivity index (χ2v) is 10.8. The number of fused-ring (bicyclic) bond motifs is 1.